The lowest BCUT2D eigenvalue weighted by Gasteiger charge is -2.27. The second-order valence-corrected chi connectivity index (χ2v) is 5.82. The Morgan fingerprint density at radius 1 is 1.21 bits per heavy atom. The molecule has 4 heteroatoms. The van der Waals surface area contributed by atoms with E-state index in [0.29, 0.717) is 5.56 Å². The number of aromatic hydroxyl groups is 1. The maximum absolute atomic E-state index is 13.1. The van der Waals surface area contributed by atoms with Gasteiger partial charge in [0.1, 0.15) is 5.75 Å². The summed E-state index contributed by atoms with van der Waals surface area (Å²) in [5, 5.41) is 10.1. The fraction of sp³-hybridized carbons (Fsp3) is 0.600. The summed E-state index contributed by atoms with van der Waals surface area (Å²) in [5.74, 6) is -0.189. The topological polar surface area (TPSA) is 46.2 Å². The predicted octanol–water partition coefficient (Wildman–Crippen LogP) is 4.18. The van der Waals surface area contributed by atoms with Crippen molar-refractivity contribution in [3.8, 4) is 5.75 Å². The van der Waals surface area contributed by atoms with Crippen molar-refractivity contribution in [3.05, 3.63) is 28.8 Å². The van der Waals surface area contributed by atoms with Gasteiger partial charge in [0.25, 0.3) is 6.43 Å². The standard InChI is InChI=1S/C15H21F2NO/c1-9(2)10-7-11(14(16)17)13(19)12(8-10)15(18)5-3-4-6-15/h7-9,14,19H,3-6,18H2,1-2H3. The first-order valence-corrected chi connectivity index (χ1v) is 6.79. The first kappa shape index (κ1) is 14.3. The second kappa shape index (κ2) is 5.08. The van der Waals surface area contributed by atoms with E-state index < -0.39 is 12.0 Å². The van der Waals surface area contributed by atoms with Crippen molar-refractivity contribution in [1.29, 1.82) is 0 Å². The van der Waals surface area contributed by atoms with E-state index in [1.165, 1.54) is 6.07 Å². The number of nitrogens with two attached hydrogens (primary N) is 1. The normalized spacial score (nSPS) is 18.5. The highest BCUT2D eigenvalue weighted by Gasteiger charge is 2.35. The highest BCUT2D eigenvalue weighted by molar-refractivity contribution is 5.49. The fourth-order valence-electron chi connectivity index (χ4n) is 2.83. The molecule has 3 N–H and O–H groups in total. The van der Waals surface area contributed by atoms with Gasteiger partial charge in [-0.1, -0.05) is 26.7 Å². The molecule has 19 heavy (non-hydrogen) atoms. The van der Waals surface area contributed by atoms with Crippen LogP contribution >= 0.6 is 0 Å². The number of phenolic OH excluding ortho intramolecular Hbond substituents is 1. The molecule has 0 radical (unpaired) electrons. The molecule has 0 spiro atoms. The summed E-state index contributed by atoms with van der Waals surface area (Å²) in [5.41, 5.74) is 6.66. The first-order valence-electron chi connectivity index (χ1n) is 6.79. The molecule has 1 saturated carbocycles. The van der Waals surface area contributed by atoms with Crippen LogP contribution in [0.5, 0.6) is 5.75 Å². The van der Waals surface area contributed by atoms with Crippen molar-refractivity contribution in [2.45, 2.75) is 57.4 Å². The molecule has 0 amide bonds. The van der Waals surface area contributed by atoms with Crippen LogP contribution in [0.3, 0.4) is 0 Å². The lowest BCUT2D eigenvalue weighted by atomic mass is 9.84. The lowest BCUT2D eigenvalue weighted by molar-refractivity contribution is 0.146. The second-order valence-electron chi connectivity index (χ2n) is 5.82. The molecule has 0 aliphatic heterocycles. The molecule has 1 aromatic rings. The van der Waals surface area contributed by atoms with Crippen molar-refractivity contribution in [1.82, 2.24) is 0 Å². The lowest BCUT2D eigenvalue weighted by Crippen LogP contribution is -2.33. The third-order valence-corrected chi connectivity index (χ3v) is 4.10. The maximum atomic E-state index is 13.1. The van der Waals surface area contributed by atoms with E-state index in [0.717, 1.165) is 31.2 Å². The number of phenols is 1. The molecule has 1 fully saturated rings. The van der Waals surface area contributed by atoms with E-state index >= 15 is 0 Å². The minimum Gasteiger partial charge on any atom is -0.507 e. The van der Waals surface area contributed by atoms with Crippen molar-refractivity contribution in [2.75, 3.05) is 0 Å². The van der Waals surface area contributed by atoms with Gasteiger partial charge in [-0.3, -0.25) is 0 Å². The first-order chi connectivity index (χ1) is 8.85. The number of hydrogen-bond donors (Lipinski definition) is 2. The Kier molecular flexibility index (Phi) is 3.81. The quantitative estimate of drug-likeness (QED) is 0.864. The molecule has 0 unspecified atom stereocenters. The van der Waals surface area contributed by atoms with Crippen LogP contribution in [0.4, 0.5) is 8.78 Å². The van der Waals surface area contributed by atoms with E-state index in [9.17, 15) is 13.9 Å². The van der Waals surface area contributed by atoms with Crippen LogP contribution in [-0.2, 0) is 5.54 Å². The molecule has 1 aliphatic rings. The molecule has 0 aromatic heterocycles. The zero-order valence-electron chi connectivity index (χ0n) is 11.4. The molecule has 0 heterocycles. The third-order valence-electron chi connectivity index (χ3n) is 4.10. The Bertz CT molecular complexity index is 465. The van der Waals surface area contributed by atoms with Crippen molar-refractivity contribution < 1.29 is 13.9 Å². The highest BCUT2D eigenvalue weighted by Crippen LogP contribution is 2.44. The third kappa shape index (κ3) is 2.59. The van der Waals surface area contributed by atoms with Gasteiger partial charge in [0, 0.05) is 11.1 Å². The molecular weight excluding hydrogens is 248 g/mol. The summed E-state index contributed by atoms with van der Waals surface area (Å²) < 4.78 is 26.1. The Balaban J connectivity index is 2.58. The van der Waals surface area contributed by atoms with Crippen LogP contribution in [0, 0.1) is 0 Å². The van der Waals surface area contributed by atoms with E-state index in [1.54, 1.807) is 6.07 Å². The number of alkyl halides is 2. The van der Waals surface area contributed by atoms with Gasteiger partial charge in [-0.25, -0.2) is 8.78 Å². The molecule has 106 valence electrons. The molecular formula is C15H21F2NO. The van der Waals surface area contributed by atoms with Gasteiger partial charge in [-0.05, 0) is 36.5 Å². The minimum absolute atomic E-state index is 0.127. The number of benzene rings is 1. The molecule has 1 aliphatic carbocycles. The van der Waals surface area contributed by atoms with Gasteiger partial charge in [0.2, 0.25) is 0 Å². The molecule has 2 nitrogen and oxygen atoms in total. The smallest absolute Gasteiger partial charge is 0.267 e. The summed E-state index contributed by atoms with van der Waals surface area (Å²) in [6, 6.07) is 3.20. The molecule has 0 atom stereocenters. The maximum Gasteiger partial charge on any atom is 0.267 e. The minimum atomic E-state index is -2.68. The summed E-state index contributed by atoms with van der Waals surface area (Å²) in [6.45, 7) is 3.90. The van der Waals surface area contributed by atoms with Crippen LogP contribution in [0.25, 0.3) is 0 Å². The van der Waals surface area contributed by atoms with Crippen LogP contribution in [0.2, 0.25) is 0 Å². The number of hydrogen-bond acceptors (Lipinski definition) is 2. The Hall–Kier alpha value is -1.16. The molecule has 0 bridgehead atoms. The van der Waals surface area contributed by atoms with Gasteiger partial charge in [-0.15, -0.1) is 0 Å². The van der Waals surface area contributed by atoms with Crippen LogP contribution < -0.4 is 5.73 Å². The highest BCUT2D eigenvalue weighted by atomic mass is 19.3. The summed E-state index contributed by atoms with van der Waals surface area (Å²) >= 11 is 0. The van der Waals surface area contributed by atoms with E-state index in [-0.39, 0.29) is 17.2 Å². The SMILES string of the molecule is CC(C)c1cc(C(F)F)c(O)c(C2(N)CCCC2)c1. The van der Waals surface area contributed by atoms with Crippen LogP contribution in [0.15, 0.2) is 12.1 Å². The van der Waals surface area contributed by atoms with Gasteiger partial charge in [-0.2, -0.15) is 0 Å². The summed E-state index contributed by atoms with van der Waals surface area (Å²) in [4.78, 5) is 0. The van der Waals surface area contributed by atoms with Gasteiger partial charge in [0.15, 0.2) is 0 Å². The van der Waals surface area contributed by atoms with Crippen molar-refractivity contribution in [3.63, 3.8) is 0 Å². The fourth-order valence-corrected chi connectivity index (χ4v) is 2.83. The zero-order valence-corrected chi connectivity index (χ0v) is 11.4. The van der Waals surface area contributed by atoms with Crippen LogP contribution in [0.1, 0.15) is 68.6 Å². The van der Waals surface area contributed by atoms with Crippen LogP contribution in [-0.4, -0.2) is 5.11 Å². The van der Waals surface area contributed by atoms with Crippen molar-refractivity contribution in [2.24, 2.45) is 5.73 Å². The predicted molar refractivity (Wildman–Crippen MR) is 71.5 cm³/mol. The Morgan fingerprint density at radius 2 is 1.79 bits per heavy atom. The number of halogens is 2. The average Bonchev–Trinajstić information content (AvgIpc) is 2.76. The molecule has 2 rings (SSSR count). The summed E-state index contributed by atoms with van der Waals surface area (Å²) in [6.07, 6.45) is 0.760. The molecule has 1 aromatic carbocycles. The van der Waals surface area contributed by atoms with Gasteiger partial charge < -0.3 is 10.8 Å². The van der Waals surface area contributed by atoms with E-state index in [2.05, 4.69) is 0 Å². The average molecular weight is 269 g/mol. The van der Waals surface area contributed by atoms with Crippen molar-refractivity contribution >= 4 is 0 Å². The Labute approximate surface area is 112 Å². The monoisotopic (exact) mass is 269 g/mol. The Morgan fingerprint density at radius 3 is 2.26 bits per heavy atom. The van der Waals surface area contributed by atoms with Gasteiger partial charge in [0.05, 0.1) is 5.56 Å². The van der Waals surface area contributed by atoms with E-state index in [4.69, 9.17) is 5.73 Å². The zero-order chi connectivity index (χ0) is 14.2. The summed E-state index contributed by atoms with van der Waals surface area (Å²) in [7, 11) is 0. The largest absolute Gasteiger partial charge is 0.507 e. The number of rotatable bonds is 3. The van der Waals surface area contributed by atoms with Gasteiger partial charge >= 0.3 is 0 Å². The molecule has 0 saturated heterocycles. The van der Waals surface area contributed by atoms with E-state index in [1.807, 2.05) is 13.8 Å².